The predicted molar refractivity (Wildman–Crippen MR) is 63.9 cm³/mol. The highest BCUT2D eigenvalue weighted by Gasteiger charge is 2.05. The standard InChI is InChI=1S/C11H10ClFN4/c1-7-15-16-8(2)17(7)14-6-9-10(12)4-3-5-11(9)13/h3-6H,1-2H3/b14-6-. The van der Waals surface area contributed by atoms with Crippen molar-refractivity contribution in [3.8, 4) is 0 Å². The molecule has 0 N–H and O–H groups in total. The molecule has 1 aromatic heterocycles. The fourth-order valence-corrected chi connectivity index (χ4v) is 1.59. The smallest absolute Gasteiger partial charge is 0.151 e. The molecule has 2 rings (SSSR count). The van der Waals surface area contributed by atoms with Gasteiger partial charge in [-0.1, -0.05) is 17.7 Å². The van der Waals surface area contributed by atoms with Gasteiger partial charge in [-0.15, -0.1) is 10.2 Å². The quantitative estimate of drug-likeness (QED) is 0.771. The summed E-state index contributed by atoms with van der Waals surface area (Å²) in [7, 11) is 0. The molecule has 2 aromatic rings. The first-order chi connectivity index (χ1) is 8.09. The lowest BCUT2D eigenvalue weighted by Crippen LogP contribution is -1.98. The molecule has 0 spiro atoms. The molecule has 1 aromatic carbocycles. The molecule has 0 saturated heterocycles. The lowest BCUT2D eigenvalue weighted by atomic mass is 10.2. The summed E-state index contributed by atoms with van der Waals surface area (Å²) in [5.74, 6) is 0.849. The second kappa shape index (κ2) is 4.63. The Bertz CT molecular complexity index is 537. The zero-order valence-electron chi connectivity index (χ0n) is 9.35. The van der Waals surface area contributed by atoms with Crippen molar-refractivity contribution in [1.29, 1.82) is 0 Å². The summed E-state index contributed by atoms with van der Waals surface area (Å²) >= 11 is 5.88. The monoisotopic (exact) mass is 252 g/mol. The molecule has 0 atom stereocenters. The van der Waals surface area contributed by atoms with E-state index in [1.165, 1.54) is 17.0 Å². The largest absolute Gasteiger partial charge is 0.206 e. The third-order valence-corrected chi connectivity index (χ3v) is 2.58. The molecular formula is C11H10ClFN4. The minimum atomic E-state index is -0.412. The Balaban J connectivity index is 2.39. The van der Waals surface area contributed by atoms with Crippen LogP contribution in [0.2, 0.25) is 5.02 Å². The van der Waals surface area contributed by atoms with Crippen LogP contribution in [-0.2, 0) is 0 Å². The summed E-state index contributed by atoms with van der Waals surface area (Å²) in [6, 6.07) is 4.49. The molecular weight excluding hydrogens is 243 g/mol. The summed E-state index contributed by atoms with van der Waals surface area (Å²) in [6.45, 7) is 3.53. The normalized spacial score (nSPS) is 11.3. The molecule has 0 bridgehead atoms. The Morgan fingerprint density at radius 3 is 2.53 bits per heavy atom. The summed E-state index contributed by atoms with van der Waals surface area (Å²) in [6.07, 6.45) is 1.36. The summed E-state index contributed by atoms with van der Waals surface area (Å²) in [4.78, 5) is 0. The van der Waals surface area contributed by atoms with Gasteiger partial charge in [0.2, 0.25) is 0 Å². The maximum atomic E-state index is 13.5. The fraction of sp³-hybridized carbons (Fsp3) is 0.182. The highest BCUT2D eigenvalue weighted by Crippen LogP contribution is 2.16. The molecule has 4 nitrogen and oxygen atoms in total. The van der Waals surface area contributed by atoms with Crippen LogP contribution in [0, 0.1) is 19.7 Å². The Morgan fingerprint density at radius 1 is 1.29 bits per heavy atom. The number of hydrogen-bond donors (Lipinski definition) is 0. The molecule has 0 unspecified atom stereocenters. The Kier molecular flexibility index (Phi) is 3.19. The van der Waals surface area contributed by atoms with Crippen LogP contribution in [-0.4, -0.2) is 21.1 Å². The van der Waals surface area contributed by atoms with Gasteiger partial charge in [0, 0.05) is 5.56 Å². The zero-order valence-corrected chi connectivity index (χ0v) is 10.1. The van der Waals surface area contributed by atoms with Crippen LogP contribution < -0.4 is 0 Å². The molecule has 6 heteroatoms. The molecule has 0 fully saturated rings. The van der Waals surface area contributed by atoms with E-state index in [9.17, 15) is 4.39 Å². The van der Waals surface area contributed by atoms with Gasteiger partial charge in [-0.2, -0.15) is 5.10 Å². The van der Waals surface area contributed by atoms with E-state index in [0.717, 1.165) is 0 Å². The van der Waals surface area contributed by atoms with Gasteiger partial charge in [0.25, 0.3) is 0 Å². The molecule has 0 aliphatic rings. The van der Waals surface area contributed by atoms with Crippen molar-refractivity contribution < 1.29 is 4.39 Å². The number of aryl methyl sites for hydroxylation is 2. The Morgan fingerprint density at radius 2 is 1.94 bits per heavy atom. The molecule has 88 valence electrons. The van der Waals surface area contributed by atoms with Crippen molar-refractivity contribution in [1.82, 2.24) is 14.9 Å². The van der Waals surface area contributed by atoms with E-state index in [2.05, 4.69) is 15.3 Å². The SMILES string of the molecule is Cc1nnc(C)n1/N=C\c1c(F)cccc1Cl. The van der Waals surface area contributed by atoms with Crippen LogP contribution in [0.1, 0.15) is 17.2 Å². The van der Waals surface area contributed by atoms with Gasteiger partial charge >= 0.3 is 0 Å². The number of aromatic nitrogens is 3. The minimum Gasteiger partial charge on any atom is -0.206 e. The predicted octanol–water partition coefficient (Wildman–Crippen LogP) is 2.57. The molecule has 0 aliphatic heterocycles. The van der Waals surface area contributed by atoms with Crippen LogP contribution in [0.4, 0.5) is 4.39 Å². The number of halogens is 2. The molecule has 0 saturated carbocycles. The van der Waals surface area contributed by atoms with Gasteiger partial charge in [0.15, 0.2) is 11.6 Å². The van der Waals surface area contributed by atoms with Gasteiger partial charge in [-0.05, 0) is 26.0 Å². The van der Waals surface area contributed by atoms with Crippen LogP contribution in [0.25, 0.3) is 0 Å². The van der Waals surface area contributed by atoms with Crippen molar-refractivity contribution in [3.05, 3.63) is 46.3 Å². The first kappa shape index (κ1) is 11.7. The van der Waals surface area contributed by atoms with Crippen molar-refractivity contribution in [3.63, 3.8) is 0 Å². The van der Waals surface area contributed by atoms with Gasteiger partial charge in [0.1, 0.15) is 5.82 Å². The third-order valence-electron chi connectivity index (χ3n) is 2.25. The van der Waals surface area contributed by atoms with Gasteiger partial charge in [0.05, 0.1) is 11.2 Å². The number of hydrogen-bond acceptors (Lipinski definition) is 3. The van der Waals surface area contributed by atoms with Crippen molar-refractivity contribution in [2.24, 2.45) is 5.10 Å². The maximum absolute atomic E-state index is 13.5. The van der Waals surface area contributed by atoms with E-state index in [0.29, 0.717) is 16.7 Å². The van der Waals surface area contributed by atoms with Crippen LogP contribution in [0.15, 0.2) is 23.3 Å². The van der Waals surface area contributed by atoms with Crippen molar-refractivity contribution in [2.45, 2.75) is 13.8 Å². The molecule has 0 amide bonds. The first-order valence-corrected chi connectivity index (χ1v) is 5.34. The molecule has 0 radical (unpaired) electrons. The second-order valence-electron chi connectivity index (χ2n) is 3.49. The van der Waals surface area contributed by atoms with E-state index >= 15 is 0 Å². The maximum Gasteiger partial charge on any atom is 0.151 e. The van der Waals surface area contributed by atoms with Crippen LogP contribution >= 0.6 is 11.6 Å². The summed E-state index contributed by atoms with van der Waals surface area (Å²) in [5, 5.41) is 12.1. The fourth-order valence-electron chi connectivity index (χ4n) is 1.38. The second-order valence-corrected chi connectivity index (χ2v) is 3.89. The van der Waals surface area contributed by atoms with E-state index in [1.54, 1.807) is 26.0 Å². The molecule has 1 heterocycles. The summed E-state index contributed by atoms with van der Waals surface area (Å²) in [5.41, 5.74) is 0.252. The van der Waals surface area contributed by atoms with Gasteiger partial charge in [-0.25, -0.2) is 9.07 Å². The number of nitrogens with zero attached hydrogens (tertiary/aromatic N) is 4. The third kappa shape index (κ3) is 2.34. The van der Waals surface area contributed by atoms with Gasteiger partial charge in [-0.3, -0.25) is 0 Å². The summed E-state index contributed by atoms with van der Waals surface area (Å²) < 4.78 is 15.0. The Hall–Kier alpha value is -1.75. The van der Waals surface area contributed by atoms with Crippen molar-refractivity contribution >= 4 is 17.8 Å². The van der Waals surface area contributed by atoms with E-state index in [-0.39, 0.29) is 5.56 Å². The topological polar surface area (TPSA) is 43.1 Å². The van der Waals surface area contributed by atoms with E-state index in [1.807, 2.05) is 0 Å². The Labute approximate surface area is 103 Å². The zero-order chi connectivity index (χ0) is 12.4. The van der Waals surface area contributed by atoms with Crippen LogP contribution in [0.3, 0.4) is 0 Å². The number of benzene rings is 1. The average molecular weight is 253 g/mol. The molecule has 0 aliphatic carbocycles. The van der Waals surface area contributed by atoms with E-state index in [4.69, 9.17) is 11.6 Å². The van der Waals surface area contributed by atoms with Crippen LogP contribution in [0.5, 0.6) is 0 Å². The van der Waals surface area contributed by atoms with E-state index < -0.39 is 5.82 Å². The lowest BCUT2D eigenvalue weighted by molar-refractivity contribution is 0.625. The minimum absolute atomic E-state index is 0.252. The highest BCUT2D eigenvalue weighted by molar-refractivity contribution is 6.33. The first-order valence-electron chi connectivity index (χ1n) is 4.96. The average Bonchev–Trinajstić information content (AvgIpc) is 2.59. The lowest BCUT2D eigenvalue weighted by Gasteiger charge is -2.00. The molecule has 17 heavy (non-hydrogen) atoms. The van der Waals surface area contributed by atoms with Gasteiger partial charge < -0.3 is 0 Å². The highest BCUT2D eigenvalue weighted by atomic mass is 35.5. The van der Waals surface area contributed by atoms with Crippen molar-refractivity contribution in [2.75, 3.05) is 0 Å². The number of rotatable bonds is 2.